The van der Waals surface area contributed by atoms with Crippen LogP contribution in [0.15, 0.2) is 18.6 Å². The van der Waals surface area contributed by atoms with Crippen molar-refractivity contribution >= 4 is 29.5 Å². The van der Waals surface area contributed by atoms with Gasteiger partial charge in [-0.25, -0.2) is 4.98 Å². The Labute approximate surface area is 321 Å². The van der Waals surface area contributed by atoms with Crippen molar-refractivity contribution in [1.29, 1.82) is 0 Å². The van der Waals surface area contributed by atoms with Crippen LogP contribution in [-0.2, 0) is 19.2 Å². The second-order valence-electron chi connectivity index (χ2n) is 17.6. The van der Waals surface area contributed by atoms with E-state index < -0.39 is 53.4 Å². The van der Waals surface area contributed by atoms with Gasteiger partial charge in [0, 0.05) is 25.0 Å². The Morgan fingerprint density at radius 2 is 1.50 bits per heavy atom. The first kappa shape index (κ1) is 41.6. The zero-order valence-corrected chi connectivity index (χ0v) is 33.1. The molecule has 1 aromatic rings. The summed E-state index contributed by atoms with van der Waals surface area (Å²) >= 11 is 0. The number of carbonyl (C=O) groups excluding carboxylic acids is 5. The summed E-state index contributed by atoms with van der Waals surface area (Å²) in [6, 6.07) is -3.55. The lowest BCUT2D eigenvalue weighted by Crippen LogP contribution is -2.62. The van der Waals surface area contributed by atoms with Crippen molar-refractivity contribution in [2.75, 3.05) is 6.54 Å². The second kappa shape index (κ2) is 18.8. The highest BCUT2D eigenvalue weighted by Crippen LogP contribution is 2.43. The molecule has 8 atom stereocenters. The molecule has 1 aliphatic heterocycles. The average molecular weight is 752 g/mol. The largest absolute Gasteiger partial charge is 0.381 e. The quantitative estimate of drug-likeness (QED) is 0.189. The molecule has 0 bridgehead atoms. The van der Waals surface area contributed by atoms with Gasteiger partial charge < -0.3 is 31.3 Å². The number of aliphatic hydroxyl groups is 1. The van der Waals surface area contributed by atoms with E-state index >= 15 is 0 Å². The summed E-state index contributed by atoms with van der Waals surface area (Å²) in [6.45, 7) is 9.98. The maximum absolute atomic E-state index is 14.8. The van der Waals surface area contributed by atoms with E-state index in [1.807, 2.05) is 34.6 Å². The molecule has 0 spiro atoms. The number of nitrogens with one attached hydrogen (secondary N) is 4. The SMILES string of the molecule is CCC[C@H](NC(=O)[C@@H]1[C@H]2CCC[C@H]2CN1C(=O)[C@@H](NC(=O)[C@@H](NC(=O)c1cnccn1)C1CCCCC1)C(C)(C)C)C(O)C(=O)N[C@@H](C)C1CCCCC1. The summed E-state index contributed by atoms with van der Waals surface area (Å²) in [5.74, 6) is -1.81. The lowest BCUT2D eigenvalue weighted by molar-refractivity contribution is -0.146. The van der Waals surface area contributed by atoms with Gasteiger partial charge in [0.1, 0.15) is 23.8 Å². The number of amides is 5. The molecular weight excluding hydrogens is 686 g/mol. The lowest BCUT2D eigenvalue weighted by Gasteiger charge is -2.38. The number of hydrogen-bond donors (Lipinski definition) is 5. The van der Waals surface area contributed by atoms with Gasteiger partial charge in [-0.1, -0.05) is 79.1 Å². The molecule has 13 nitrogen and oxygen atoms in total. The van der Waals surface area contributed by atoms with Gasteiger partial charge in [-0.05, 0) is 81.0 Å². The van der Waals surface area contributed by atoms with Crippen molar-refractivity contribution in [2.45, 2.75) is 167 Å². The molecule has 3 aliphatic carbocycles. The fourth-order valence-corrected chi connectivity index (χ4v) is 9.54. The molecule has 5 rings (SSSR count). The molecule has 0 aromatic carbocycles. The third kappa shape index (κ3) is 10.2. The van der Waals surface area contributed by atoms with E-state index in [0.717, 1.165) is 77.0 Å². The van der Waals surface area contributed by atoms with Gasteiger partial charge in [-0.15, -0.1) is 0 Å². The van der Waals surface area contributed by atoms with E-state index in [1.54, 1.807) is 4.90 Å². The van der Waals surface area contributed by atoms with Crippen LogP contribution in [0.4, 0.5) is 0 Å². The number of carbonyl (C=O) groups is 5. The van der Waals surface area contributed by atoms with Crippen LogP contribution in [0.25, 0.3) is 0 Å². The summed E-state index contributed by atoms with van der Waals surface area (Å²) in [5.41, 5.74) is -0.624. The number of hydrogen-bond acceptors (Lipinski definition) is 8. The number of rotatable bonds is 14. The van der Waals surface area contributed by atoms with E-state index in [0.29, 0.717) is 25.3 Å². The fourth-order valence-electron chi connectivity index (χ4n) is 9.54. The lowest BCUT2D eigenvalue weighted by atomic mass is 9.82. The molecular formula is C41H65N7O6. The van der Waals surface area contributed by atoms with E-state index in [9.17, 15) is 29.1 Å². The van der Waals surface area contributed by atoms with Crippen LogP contribution in [0.2, 0.25) is 0 Å². The first-order valence-electron chi connectivity index (χ1n) is 20.8. The summed E-state index contributed by atoms with van der Waals surface area (Å²) in [6.07, 6.45) is 16.6. The summed E-state index contributed by atoms with van der Waals surface area (Å²) in [4.78, 5) is 79.7. The summed E-state index contributed by atoms with van der Waals surface area (Å²) in [7, 11) is 0. The first-order valence-corrected chi connectivity index (χ1v) is 20.8. The van der Waals surface area contributed by atoms with Crippen molar-refractivity contribution in [3.05, 3.63) is 24.3 Å². The van der Waals surface area contributed by atoms with Crippen LogP contribution in [0.3, 0.4) is 0 Å². The molecule has 4 aliphatic rings. The zero-order valence-electron chi connectivity index (χ0n) is 33.1. The minimum absolute atomic E-state index is 0.0638. The number of nitrogens with zero attached hydrogens (tertiary/aromatic N) is 3. The van der Waals surface area contributed by atoms with Gasteiger partial charge in [-0.3, -0.25) is 29.0 Å². The first-order chi connectivity index (χ1) is 25.8. The Hall–Kier alpha value is -3.61. The van der Waals surface area contributed by atoms with Crippen LogP contribution in [0.1, 0.15) is 141 Å². The van der Waals surface area contributed by atoms with Gasteiger partial charge in [0.25, 0.3) is 11.8 Å². The Bertz CT molecular complexity index is 1440. The Balaban J connectivity index is 1.33. The van der Waals surface area contributed by atoms with E-state index in [4.69, 9.17) is 0 Å². The third-order valence-electron chi connectivity index (χ3n) is 12.6. The molecule has 1 saturated heterocycles. The molecule has 4 fully saturated rings. The number of aliphatic hydroxyl groups excluding tert-OH is 1. The summed E-state index contributed by atoms with van der Waals surface area (Å²) < 4.78 is 0. The normalized spacial score (nSPS) is 25.1. The van der Waals surface area contributed by atoms with Gasteiger partial charge in [0.15, 0.2) is 6.10 Å². The van der Waals surface area contributed by atoms with Gasteiger partial charge >= 0.3 is 0 Å². The zero-order chi connectivity index (χ0) is 39.0. The molecule has 3 saturated carbocycles. The van der Waals surface area contributed by atoms with Crippen molar-refractivity contribution < 1.29 is 29.1 Å². The molecule has 1 aromatic heterocycles. The molecule has 2 heterocycles. The molecule has 5 amide bonds. The van der Waals surface area contributed by atoms with Crippen LogP contribution >= 0.6 is 0 Å². The topological polar surface area (TPSA) is 183 Å². The highest BCUT2D eigenvalue weighted by molar-refractivity contribution is 5.98. The highest BCUT2D eigenvalue weighted by atomic mass is 16.3. The van der Waals surface area contributed by atoms with Crippen LogP contribution < -0.4 is 21.3 Å². The van der Waals surface area contributed by atoms with E-state index in [2.05, 4.69) is 31.2 Å². The van der Waals surface area contributed by atoms with Gasteiger partial charge in [-0.2, -0.15) is 0 Å². The molecule has 13 heteroatoms. The maximum Gasteiger partial charge on any atom is 0.272 e. The minimum Gasteiger partial charge on any atom is -0.381 e. The number of likely N-dealkylation sites (tertiary alicyclic amines) is 1. The minimum atomic E-state index is -1.43. The van der Waals surface area contributed by atoms with Gasteiger partial charge in [0.2, 0.25) is 17.7 Å². The van der Waals surface area contributed by atoms with Crippen molar-refractivity contribution in [2.24, 2.45) is 29.1 Å². The van der Waals surface area contributed by atoms with Crippen molar-refractivity contribution in [3.63, 3.8) is 0 Å². The predicted molar refractivity (Wildman–Crippen MR) is 205 cm³/mol. The van der Waals surface area contributed by atoms with E-state index in [1.165, 1.54) is 25.0 Å². The molecule has 5 N–H and O–H groups in total. The van der Waals surface area contributed by atoms with E-state index in [-0.39, 0.29) is 41.3 Å². The molecule has 0 radical (unpaired) electrons. The number of aromatic nitrogens is 2. The molecule has 54 heavy (non-hydrogen) atoms. The average Bonchev–Trinajstić information content (AvgIpc) is 3.77. The molecule has 300 valence electrons. The fraction of sp³-hybridized carbons (Fsp3) is 0.780. The smallest absolute Gasteiger partial charge is 0.272 e. The van der Waals surface area contributed by atoms with Crippen LogP contribution in [0.5, 0.6) is 0 Å². The monoisotopic (exact) mass is 751 g/mol. The standard InChI is InChI=1S/C41H65N7O6/c1-6-14-30(34(49)39(53)44-25(2)26-15-9-7-10-16-26)45-38(52)33-29-20-13-19-28(29)24-48(33)40(54)35(41(3,4)5)47-37(51)32(27-17-11-8-12-18-27)46-36(50)31-23-42-21-22-43-31/h21-23,25-30,32-35,49H,6-20,24H2,1-5H3,(H,44,53)(H,45,52)(H,46,50)(H,47,51)/t25-,28-,29-,30-,32-,33-,34?,35+/m0/s1. The molecule has 1 unspecified atom stereocenters. The van der Waals surface area contributed by atoms with Crippen LogP contribution in [0, 0.1) is 29.1 Å². The van der Waals surface area contributed by atoms with Gasteiger partial charge in [0.05, 0.1) is 12.2 Å². The predicted octanol–water partition coefficient (Wildman–Crippen LogP) is 4.04. The second-order valence-corrected chi connectivity index (χ2v) is 17.6. The third-order valence-corrected chi connectivity index (χ3v) is 12.6. The van der Waals surface area contributed by atoms with Crippen LogP contribution in [-0.4, -0.2) is 92.4 Å². The Kier molecular flexibility index (Phi) is 14.5. The van der Waals surface area contributed by atoms with Crippen molar-refractivity contribution in [3.8, 4) is 0 Å². The van der Waals surface area contributed by atoms with Crippen molar-refractivity contribution in [1.82, 2.24) is 36.1 Å². The maximum atomic E-state index is 14.8. The number of fused-ring (bicyclic) bond motifs is 1. The highest BCUT2D eigenvalue weighted by Gasteiger charge is 2.52. The summed E-state index contributed by atoms with van der Waals surface area (Å²) in [5, 5.41) is 23.3. The Morgan fingerprint density at radius 1 is 0.833 bits per heavy atom. The Morgan fingerprint density at radius 3 is 2.11 bits per heavy atom.